The van der Waals surface area contributed by atoms with Crippen molar-refractivity contribution in [3.05, 3.63) is 29.3 Å². The van der Waals surface area contributed by atoms with Crippen LogP contribution in [0.4, 0.5) is 8.78 Å². The first-order valence-corrected chi connectivity index (χ1v) is 5.49. The summed E-state index contributed by atoms with van der Waals surface area (Å²) in [4.78, 5) is 22.4. The highest BCUT2D eigenvalue weighted by Gasteiger charge is 2.43. The van der Waals surface area contributed by atoms with Crippen LogP contribution < -0.4 is 10.1 Å². The number of rotatable bonds is 3. The summed E-state index contributed by atoms with van der Waals surface area (Å²) < 4.78 is 32.4. The first-order chi connectivity index (χ1) is 8.95. The van der Waals surface area contributed by atoms with Crippen LogP contribution in [0.5, 0.6) is 5.75 Å². The Morgan fingerprint density at radius 3 is 2.47 bits per heavy atom. The third kappa shape index (κ3) is 2.23. The van der Waals surface area contributed by atoms with Crippen LogP contribution in [0, 0.1) is 17.6 Å². The summed E-state index contributed by atoms with van der Waals surface area (Å²) in [6.07, 6.45) is 0. The quantitative estimate of drug-likeness (QED) is 0.800. The second kappa shape index (κ2) is 4.83. The number of carboxylic acid groups (broad SMARTS) is 1. The van der Waals surface area contributed by atoms with Gasteiger partial charge in [0, 0.05) is 30.2 Å². The Morgan fingerprint density at radius 2 is 2.00 bits per heavy atom. The lowest BCUT2D eigenvalue weighted by atomic mass is 9.88. The Balaban J connectivity index is 2.47. The number of carboxylic acids is 1. The van der Waals surface area contributed by atoms with Crippen molar-refractivity contribution in [2.24, 2.45) is 5.92 Å². The number of carbonyl (C=O) groups excluding carboxylic acids is 1. The summed E-state index contributed by atoms with van der Waals surface area (Å²) in [5.41, 5.74) is -0.411. The molecule has 1 heterocycles. The van der Waals surface area contributed by atoms with Crippen LogP contribution >= 0.6 is 0 Å². The molecule has 102 valence electrons. The Bertz CT molecular complexity index is 524. The fourth-order valence-electron chi connectivity index (χ4n) is 2.21. The van der Waals surface area contributed by atoms with Crippen molar-refractivity contribution in [3.63, 3.8) is 0 Å². The van der Waals surface area contributed by atoms with Crippen molar-refractivity contribution >= 4 is 11.9 Å². The van der Waals surface area contributed by atoms with Gasteiger partial charge in [-0.15, -0.1) is 0 Å². The molecule has 2 rings (SSSR count). The van der Waals surface area contributed by atoms with Crippen molar-refractivity contribution in [3.8, 4) is 5.75 Å². The lowest BCUT2D eigenvalue weighted by molar-refractivity contribution is -0.145. The van der Waals surface area contributed by atoms with Gasteiger partial charge in [-0.3, -0.25) is 9.59 Å². The molecule has 0 aromatic heterocycles. The normalized spacial score (nSPS) is 22.2. The average molecular weight is 271 g/mol. The monoisotopic (exact) mass is 271 g/mol. The summed E-state index contributed by atoms with van der Waals surface area (Å²) in [5.74, 6) is -6.58. The smallest absolute Gasteiger partial charge is 0.316 e. The van der Waals surface area contributed by atoms with Crippen LogP contribution in [-0.4, -0.2) is 30.6 Å². The van der Waals surface area contributed by atoms with Gasteiger partial charge in [-0.2, -0.15) is 0 Å². The van der Waals surface area contributed by atoms with Crippen LogP contribution in [0.1, 0.15) is 11.5 Å². The number of carbonyl (C=O) groups is 2. The van der Waals surface area contributed by atoms with E-state index in [2.05, 4.69) is 5.32 Å². The van der Waals surface area contributed by atoms with Crippen LogP contribution in [0.2, 0.25) is 0 Å². The zero-order valence-electron chi connectivity index (χ0n) is 9.94. The molecule has 2 N–H and O–H groups in total. The first-order valence-electron chi connectivity index (χ1n) is 5.49. The largest absolute Gasteiger partial charge is 0.497 e. The molecular weight excluding hydrogens is 260 g/mol. The molecule has 1 amide bonds. The van der Waals surface area contributed by atoms with E-state index < -0.39 is 40.9 Å². The first kappa shape index (κ1) is 13.3. The van der Waals surface area contributed by atoms with Crippen molar-refractivity contribution in [1.82, 2.24) is 5.32 Å². The summed E-state index contributed by atoms with van der Waals surface area (Å²) >= 11 is 0. The van der Waals surface area contributed by atoms with Crippen molar-refractivity contribution in [2.75, 3.05) is 13.7 Å². The van der Waals surface area contributed by atoms with Gasteiger partial charge in [0.15, 0.2) is 0 Å². The van der Waals surface area contributed by atoms with E-state index in [1.807, 2.05) is 0 Å². The number of benzene rings is 1. The Kier molecular flexibility index (Phi) is 3.37. The Morgan fingerprint density at radius 1 is 1.42 bits per heavy atom. The van der Waals surface area contributed by atoms with Gasteiger partial charge in [0.05, 0.1) is 7.11 Å². The van der Waals surface area contributed by atoms with Gasteiger partial charge in [-0.05, 0) is 0 Å². The van der Waals surface area contributed by atoms with E-state index in [1.165, 1.54) is 7.11 Å². The molecule has 0 spiro atoms. The van der Waals surface area contributed by atoms with Gasteiger partial charge >= 0.3 is 5.97 Å². The second-order valence-electron chi connectivity index (χ2n) is 4.17. The maximum absolute atomic E-state index is 13.9. The predicted octanol–water partition coefficient (Wildman–Crippen LogP) is 0.888. The van der Waals surface area contributed by atoms with Crippen LogP contribution in [0.3, 0.4) is 0 Å². The van der Waals surface area contributed by atoms with Crippen LogP contribution in [-0.2, 0) is 9.59 Å². The minimum Gasteiger partial charge on any atom is -0.497 e. The van der Waals surface area contributed by atoms with E-state index in [0.29, 0.717) is 0 Å². The zero-order valence-corrected chi connectivity index (χ0v) is 9.94. The van der Waals surface area contributed by atoms with Crippen LogP contribution in [0.25, 0.3) is 0 Å². The molecule has 0 radical (unpaired) electrons. The molecule has 1 aromatic carbocycles. The lowest BCUT2D eigenvalue weighted by Gasteiger charge is -2.16. The number of halogens is 2. The number of nitrogens with one attached hydrogen (secondary N) is 1. The molecule has 1 aromatic rings. The fourth-order valence-corrected chi connectivity index (χ4v) is 2.21. The SMILES string of the molecule is COc1cc(F)c(C2CNC(=O)[C@H]2C(=O)O)c(F)c1. The molecule has 0 saturated carbocycles. The third-order valence-electron chi connectivity index (χ3n) is 3.11. The molecule has 1 aliphatic heterocycles. The Hall–Kier alpha value is -2.18. The average Bonchev–Trinajstić information content (AvgIpc) is 2.70. The minimum absolute atomic E-state index is 0.0112. The molecule has 19 heavy (non-hydrogen) atoms. The van der Waals surface area contributed by atoms with Gasteiger partial charge < -0.3 is 15.2 Å². The van der Waals surface area contributed by atoms with E-state index in [0.717, 1.165) is 12.1 Å². The molecule has 1 fully saturated rings. The summed E-state index contributed by atoms with van der Waals surface area (Å²) in [7, 11) is 1.26. The van der Waals surface area contributed by atoms with Crippen LogP contribution in [0.15, 0.2) is 12.1 Å². The third-order valence-corrected chi connectivity index (χ3v) is 3.11. The maximum Gasteiger partial charge on any atom is 0.316 e. The molecule has 2 atom stereocenters. The summed E-state index contributed by atoms with van der Waals surface area (Å²) in [6.45, 7) is -0.115. The summed E-state index contributed by atoms with van der Waals surface area (Å²) in [6, 6.07) is 1.92. The number of ether oxygens (including phenoxy) is 1. The van der Waals surface area contributed by atoms with E-state index >= 15 is 0 Å². The standard InChI is InChI=1S/C12H11F2NO4/c1-19-5-2-7(13)9(8(14)3-5)6-4-15-11(16)10(6)12(17)18/h2-3,6,10H,4H2,1H3,(H,15,16)(H,17,18)/t6?,10-/m0/s1. The second-order valence-corrected chi connectivity index (χ2v) is 4.17. The summed E-state index contributed by atoms with van der Waals surface area (Å²) in [5, 5.41) is 11.3. The van der Waals surface area contributed by atoms with E-state index in [-0.39, 0.29) is 12.3 Å². The van der Waals surface area contributed by atoms with Crippen molar-refractivity contribution < 1.29 is 28.2 Å². The minimum atomic E-state index is -1.49. The molecule has 1 saturated heterocycles. The molecular formula is C12H11F2NO4. The highest BCUT2D eigenvalue weighted by Crippen LogP contribution is 2.34. The Labute approximate surface area is 107 Å². The highest BCUT2D eigenvalue weighted by molar-refractivity contribution is 5.99. The number of amides is 1. The van der Waals surface area contributed by atoms with E-state index in [4.69, 9.17) is 9.84 Å². The number of methoxy groups -OCH3 is 1. The van der Waals surface area contributed by atoms with Gasteiger partial charge in [-0.25, -0.2) is 8.78 Å². The highest BCUT2D eigenvalue weighted by atomic mass is 19.1. The molecule has 0 bridgehead atoms. The van der Waals surface area contributed by atoms with E-state index in [9.17, 15) is 18.4 Å². The van der Waals surface area contributed by atoms with Crippen molar-refractivity contribution in [2.45, 2.75) is 5.92 Å². The topological polar surface area (TPSA) is 75.6 Å². The molecule has 1 aliphatic rings. The number of hydrogen-bond donors (Lipinski definition) is 2. The van der Waals surface area contributed by atoms with Gasteiger partial charge in [-0.1, -0.05) is 0 Å². The predicted molar refractivity (Wildman–Crippen MR) is 59.8 cm³/mol. The molecule has 0 aliphatic carbocycles. The lowest BCUT2D eigenvalue weighted by Crippen LogP contribution is -2.27. The molecule has 1 unspecified atom stereocenters. The zero-order chi connectivity index (χ0) is 14.2. The van der Waals surface area contributed by atoms with Crippen molar-refractivity contribution in [1.29, 1.82) is 0 Å². The molecule has 5 nitrogen and oxygen atoms in total. The van der Waals surface area contributed by atoms with Gasteiger partial charge in [0.1, 0.15) is 23.3 Å². The molecule has 7 heteroatoms. The van der Waals surface area contributed by atoms with Gasteiger partial charge in [0.25, 0.3) is 0 Å². The van der Waals surface area contributed by atoms with E-state index in [1.54, 1.807) is 0 Å². The number of aliphatic carboxylic acids is 1. The van der Waals surface area contributed by atoms with Gasteiger partial charge in [0.2, 0.25) is 5.91 Å². The fraction of sp³-hybridized carbons (Fsp3) is 0.333. The maximum atomic E-state index is 13.9. The number of hydrogen-bond acceptors (Lipinski definition) is 3.